The Bertz CT molecular complexity index is 471. The maximum atomic E-state index is 11.5. The van der Waals surface area contributed by atoms with Crippen molar-refractivity contribution < 1.29 is 14.3 Å². The molecule has 22 heavy (non-hydrogen) atoms. The Hall–Kier alpha value is -1.10. The van der Waals surface area contributed by atoms with Crippen molar-refractivity contribution in [1.82, 2.24) is 4.90 Å². The summed E-state index contributed by atoms with van der Waals surface area (Å²) in [7, 11) is 0. The van der Waals surface area contributed by atoms with Crippen molar-refractivity contribution in [3.05, 3.63) is 29.8 Å². The van der Waals surface area contributed by atoms with Crippen LogP contribution in [0.2, 0.25) is 0 Å². The Morgan fingerprint density at radius 3 is 2.55 bits per heavy atom. The molecule has 0 aliphatic carbocycles. The van der Waals surface area contributed by atoms with E-state index in [9.17, 15) is 4.79 Å². The van der Waals surface area contributed by atoms with Crippen molar-refractivity contribution in [2.75, 3.05) is 26.2 Å². The highest BCUT2D eigenvalue weighted by Gasteiger charge is 2.21. The Labute approximate surface area is 139 Å². The summed E-state index contributed by atoms with van der Waals surface area (Å²) in [6, 6.07) is 7.42. The molecule has 1 aliphatic heterocycles. The highest BCUT2D eigenvalue weighted by molar-refractivity contribution is 5.96. The third-order valence-electron chi connectivity index (χ3n) is 3.64. The van der Waals surface area contributed by atoms with Crippen LogP contribution in [-0.2, 0) is 4.74 Å². The van der Waals surface area contributed by atoms with Crippen molar-refractivity contribution in [3.63, 3.8) is 0 Å². The van der Waals surface area contributed by atoms with Gasteiger partial charge in [0.15, 0.2) is 5.78 Å². The van der Waals surface area contributed by atoms with E-state index in [0.29, 0.717) is 30.1 Å². The summed E-state index contributed by atoms with van der Waals surface area (Å²) in [5.74, 6) is 0.732. The average molecular weight is 328 g/mol. The zero-order valence-electron chi connectivity index (χ0n) is 13.6. The lowest BCUT2D eigenvalue weighted by Crippen LogP contribution is -2.45. The van der Waals surface area contributed by atoms with E-state index in [4.69, 9.17) is 9.47 Å². The molecule has 124 valence electrons. The molecule has 1 aliphatic rings. The average Bonchev–Trinajstić information content (AvgIpc) is 2.43. The highest BCUT2D eigenvalue weighted by atomic mass is 35.5. The fraction of sp³-hybridized carbons (Fsp3) is 0.588. The van der Waals surface area contributed by atoms with Gasteiger partial charge in [0, 0.05) is 19.6 Å². The quantitative estimate of drug-likeness (QED) is 0.594. The number of nitrogens with zero attached hydrogens (tertiary/aromatic N) is 1. The molecule has 0 radical (unpaired) electrons. The molecule has 2 unspecified atom stereocenters. The van der Waals surface area contributed by atoms with E-state index in [0.717, 1.165) is 26.1 Å². The predicted molar refractivity (Wildman–Crippen MR) is 90.3 cm³/mol. The Balaban J connectivity index is 0.00000242. The van der Waals surface area contributed by atoms with Crippen molar-refractivity contribution >= 4 is 18.2 Å². The molecule has 0 spiro atoms. The molecule has 2 atom stereocenters. The lowest BCUT2D eigenvalue weighted by Gasteiger charge is -2.35. The van der Waals surface area contributed by atoms with Crippen LogP contribution in [0.1, 0.15) is 37.6 Å². The van der Waals surface area contributed by atoms with Gasteiger partial charge in [0.05, 0.1) is 24.4 Å². The topological polar surface area (TPSA) is 38.8 Å². The fourth-order valence-corrected chi connectivity index (χ4v) is 2.82. The number of Topliss-reactive ketones (excluding diaryl/α,β-unsaturated/α-hetero) is 1. The number of ether oxygens (including phenoxy) is 2. The normalized spacial score (nSPS) is 22.0. The minimum absolute atomic E-state index is 0. The van der Waals surface area contributed by atoms with Gasteiger partial charge in [0.1, 0.15) is 5.75 Å². The van der Waals surface area contributed by atoms with Gasteiger partial charge in [-0.05, 0) is 39.3 Å². The SMILES string of the molecule is CC(=O)c1ccccc1OCCCN1CC(C)OC(C)C1.Cl. The number of carbonyl (C=O) groups excluding carboxylic acids is 1. The summed E-state index contributed by atoms with van der Waals surface area (Å²) in [5.41, 5.74) is 0.658. The zero-order valence-corrected chi connectivity index (χ0v) is 14.4. The molecule has 4 nitrogen and oxygen atoms in total. The third-order valence-corrected chi connectivity index (χ3v) is 3.64. The monoisotopic (exact) mass is 327 g/mol. The van der Waals surface area contributed by atoms with Gasteiger partial charge in [-0.25, -0.2) is 0 Å². The van der Waals surface area contributed by atoms with E-state index >= 15 is 0 Å². The number of halogens is 1. The van der Waals surface area contributed by atoms with Crippen molar-refractivity contribution in [3.8, 4) is 5.75 Å². The van der Waals surface area contributed by atoms with E-state index in [1.54, 1.807) is 6.92 Å². The summed E-state index contributed by atoms with van der Waals surface area (Å²) < 4.78 is 11.5. The van der Waals surface area contributed by atoms with Gasteiger partial charge < -0.3 is 9.47 Å². The second kappa shape index (κ2) is 9.13. The molecule has 0 amide bonds. The van der Waals surface area contributed by atoms with E-state index in [-0.39, 0.29) is 18.2 Å². The standard InChI is InChI=1S/C17H25NO3.ClH/c1-13-11-18(12-14(2)21-13)9-6-10-20-17-8-5-4-7-16(17)15(3)19;/h4-5,7-8,13-14H,6,9-12H2,1-3H3;1H. The molecular formula is C17H26ClNO3. The van der Waals surface area contributed by atoms with Crippen LogP contribution in [0, 0.1) is 0 Å². The Morgan fingerprint density at radius 1 is 1.27 bits per heavy atom. The number of morpholine rings is 1. The summed E-state index contributed by atoms with van der Waals surface area (Å²) in [6.45, 7) is 9.39. The van der Waals surface area contributed by atoms with Gasteiger partial charge in [0.2, 0.25) is 0 Å². The largest absolute Gasteiger partial charge is 0.493 e. The van der Waals surface area contributed by atoms with Gasteiger partial charge in [-0.2, -0.15) is 0 Å². The molecule has 2 rings (SSSR count). The van der Waals surface area contributed by atoms with Crippen LogP contribution in [0.5, 0.6) is 5.75 Å². The van der Waals surface area contributed by atoms with Crippen molar-refractivity contribution in [2.24, 2.45) is 0 Å². The summed E-state index contributed by atoms with van der Waals surface area (Å²) in [6.07, 6.45) is 1.55. The molecule has 1 saturated heterocycles. The molecule has 0 saturated carbocycles. The number of hydrogen-bond donors (Lipinski definition) is 0. The van der Waals surface area contributed by atoms with Gasteiger partial charge in [-0.15, -0.1) is 12.4 Å². The molecule has 0 aromatic heterocycles. The smallest absolute Gasteiger partial charge is 0.163 e. The number of hydrogen-bond acceptors (Lipinski definition) is 4. The molecule has 0 N–H and O–H groups in total. The van der Waals surface area contributed by atoms with Crippen LogP contribution in [0.3, 0.4) is 0 Å². The van der Waals surface area contributed by atoms with E-state index in [1.165, 1.54) is 0 Å². The Morgan fingerprint density at radius 2 is 1.91 bits per heavy atom. The predicted octanol–water partition coefficient (Wildman–Crippen LogP) is 3.19. The lowest BCUT2D eigenvalue weighted by atomic mass is 10.1. The van der Waals surface area contributed by atoms with Gasteiger partial charge in [-0.1, -0.05) is 12.1 Å². The molecule has 0 bridgehead atoms. The second-order valence-electron chi connectivity index (χ2n) is 5.77. The van der Waals surface area contributed by atoms with Crippen LogP contribution in [0.25, 0.3) is 0 Å². The number of ketones is 1. The summed E-state index contributed by atoms with van der Waals surface area (Å²) in [5, 5.41) is 0. The number of benzene rings is 1. The van der Waals surface area contributed by atoms with Gasteiger partial charge >= 0.3 is 0 Å². The van der Waals surface area contributed by atoms with Crippen LogP contribution in [0.4, 0.5) is 0 Å². The van der Waals surface area contributed by atoms with E-state index < -0.39 is 0 Å². The van der Waals surface area contributed by atoms with Crippen LogP contribution >= 0.6 is 12.4 Å². The van der Waals surface area contributed by atoms with Gasteiger partial charge in [0.25, 0.3) is 0 Å². The summed E-state index contributed by atoms with van der Waals surface area (Å²) >= 11 is 0. The first-order chi connectivity index (χ1) is 10.1. The summed E-state index contributed by atoms with van der Waals surface area (Å²) in [4.78, 5) is 13.9. The molecule has 1 aromatic carbocycles. The first-order valence-electron chi connectivity index (χ1n) is 7.67. The number of carbonyl (C=O) groups is 1. The number of rotatable bonds is 6. The van der Waals surface area contributed by atoms with Crippen LogP contribution < -0.4 is 4.74 Å². The highest BCUT2D eigenvalue weighted by Crippen LogP contribution is 2.18. The minimum Gasteiger partial charge on any atom is -0.493 e. The first kappa shape index (κ1) is 18.9. The molecule has 1 heterocycles. The number of para-hydroxylation sites is 1. The molecular weight excluding hydrogens is 302 g/mol. The second-order valence-corrected chi connectivity index (χ2v) is 5.77. The van der Waals surface area contributed by atoms with Crippen LogP contribution in [-0.4, -0.2) is 49.1 Å². The van der Waals surface area contributed by atoms with Gasteiger partial charge in [-0.3, -0.25) is 9.69 Å². The van der Waals surface area contributed by atoms with Crippen molar-refractivity contribution in [1.29, 1.82) is 0 Å². The molecule has 1 fully saturated rings. The third kappa shape index (κ3) is 5.59. The van der Waals surface area contributed by atoms with E-state index in [1.807, 2.05) is 24.3 Å². The van der Waals surface area contributed by atoms with Crippen molar-refractivity contribution in [2.45, 2.75) is 39.4 Å². The van der Waals surface area contributed by atoms with Crippen LogP contribution in [0.15, 0.2) is 24.3 Å². The first-order valence-corrected chi connectivity index (χ1v) is 7.67. The molecule has 5 heteroatoms. The molecule has 1 aromatic rings. The maximum absolute atomic E-state index is 11.5. The lowest BCUT2D eigenvalue weighted by molar-refractivity contribution is -0.0686. The maximum Gasteiger partial charge on any atom is 0.163 e. The fourth-order valence-electron chi connectivity index (χ4n) is 2.82. The van der Waals surface area contributed by atoms with E-state index in [2.05, 4.69) is 18.7 Å². The Kier molecular flexibility index (Phi) is 7.87. The minimum atomic E-state index is 0. The zero-order chi connectivity index (χ0) is 15.2.